The first kappa shape index (κ1) is 41.9. The first-order valence-electron chi connectivity index (χ1n) is 12.3. The van der Waals surface area contributed by atoms with Crippen LogP contribution in [0.5, 0.6) is 0 Å². The van der Waals surface area contributed by atoms with Crippen LogP contribution in [0.25, 0.3) is 0 Å². The zero-order valence-corrected chi connectivity index (χ0v) is 23.8. The van der Waals surface area contributed by atoms with E-state index in [0.29, 0.717) is 0 Å². The molecular formula is C21H29F17O4Si. The molecule has 1 unspecified atom stereocenters. The average Bonchev–Trinajstić information content (AvgIpc) is 2.84. The van der Waals surface area contributed by atoms with Gasteiger partial charge < -0.3 is 18.7 Å². The summed E-state index contributed by atoms with van der Waals surface area (Å²) in [5.74, 6) is -57.2. The largest absolute Gasteiger partial charge is 0.460 e. The third kappa shape index (κ3) is 6.07. The molecule has 1 saturated heterocycles. The van der Waals surface area contributed by atoms with Crippen LogP contribution in [0.4, 0.5) is 74.6 Å². The van der Waals surface area contributed by atoms with Crippen LogP contribution in [0.2, 0.25) is 6.04 Å². The van der Waals surface area contributed by atoms with Crippen molar-refractivity contribution in [3.05, 3.63) is 0 Å². The lowest BCUT2D eigenvalue weighted by Crippen LogP contribution is -2.81. The maximum Gasteiger partial charge on any atom is 0.460 e. The number of halogens is 17. The Morgan fingerprint density at radius 2 is 0.907 bits per heavy atom. The molecule has 0 aromatic rings. The highest BCUT2D eigenvalue weighted by atomic mass is 28.4. The molecule has 1 aliphatic heterocycles. The molecule has 1 heterocycles. The predicted molar refractivity (Wildman–Crippen MR) is 115 cm³/mol. The van der Waals surface area contributed by atoms with Gasteiger partial charge in [-0.15, -0.1) is 0 Å². The summed E-state index contributed by atoms with van der Waals surface area (Å²) in [7, 11) is -5.14. The smallest absolute Gasteiger partial charge is 0.397 e. The van der Waals surface area contributed by atoms with Gasteiger partial charge in [0.15, 0.2) is 5.22 Å². The summed E-state index contributed by atoms with van der Waals surface area (Å²) in [6, 6.07) is -0.728. The molecule has 0 aromatic heterocycles. The normalized spacial score (nSPS) is 21.3. The van der Waals surface area contributed by atoms with Gasteiger partial charge in [-0.3, -0.25) is 0 Å². The van der Waals surface area contributed by atoms with Gasteiger partial charge in [0.1, 0.15) is 0 Å². The van der Waals surface area contributed by atoms with Crippen LogP contribution in [-0.4, -0.2) is 93.0 Å². The van der Waals surface area contributed by atoms with Crippen LogP contribution in [-0.2, 0) is 13.6 Å². The Labute approximate surface area is 235 Å². The monoisotopic (exact) mass is 696 g/mol. The number of aliphatic hydroxyl groups excluding tert-OH is 1. The van der Waals surface area contributed by atoms with Crippen molar-refractivity contribution in [2.24, 2.45) is 0 Å². The molecule has 0 aliphatic carbocycles. The van der Waals surface area contributed by atoms with Gasteiger partial charge in [-0.1, -0.05) is 12.8 Å². The molecule has 0 radical (unpaired) electrons. The van der Waals surface area contributed by atoms with Gasteiger partial charge >= 0.3 is 56.2 Å². The van der Waals surface area contributed by atoms with E-state index in [-0.39, 0.29) is 13.0 Å². The van der Waals surface area contributed by atoms with Crippen molar-refractivity contribution in [3.63, 3.8) is 0 Å². The molecule has 0 saturated carbocycles. The third-order valence-electron chi connectivity index (χ3n) is 6.28. The highest BCUT2D eigenvalue weighted by Gasteiger charge is 2.97. The van der Waals surface area contributed by atoms with Crippen LogP contribution in [0.15, 0.2) is 0 Å². The molecule has 4 nitrogen and oxygen atoms in total. The van der Waals surface area contributed by atoms with Gasteiger partial charge in [0, 0.05) is 26.4 Å². The first-order chi connectivity index (χ1) is 19.1. The summed E-state index contributed by atoms with van der Waals surface area (Å²) in [5, 5.41) is 3.48. The van der Waals surface area contributed by atoms with E-state index in [9.17, 15) is 65.9 Å². The van der Waals surface area contributed by atoms with E-state index in [2.05, 4.69) is 0 Å². The fraction of sp³-hybridized carbons (Fsp3) is 1.00. The summed E-state index contributed by atoms with van der Waals surface area (Å²) < 4.78 is 251. The van der Waals surface area contributed by atoms with Crippen LogP contribution >= 0.6 is 0 Å². The van der Waals surface area contributed by atoms with Gasteiger partial charge in [-0.05, 0) is 40.2 Å². The minimum absolute atomic E-state index is 0.161. The van der Waals surface area contributed by atoms with Crippen LogP contribution in [0.3, 0.4) is 0 Å². The second kappa shape index (κ2) is 13.3. The van der Waals surface area contributed by atoms with Crippen molar-refractivity contribution < 1.29 is 93.3 Å². The van der Waals surface area contributed by atoms with Gasteiger partial charge in [0.05, 0.1) is 0 Å². The Balaban J connectivity index is 0.00000562. The van der Waals surface area contributed by atoms with Crippen molar-refractivity contribution in [2.45, 2.75) is 106 Å². The minimum atomic E-state index is -8.69. The average molecular weight is 697 g/mol. The van der Waals surface area contributed by atoms with Crippen molar-refractivity contribution >= 4 is 8.56 Å². The SMILES string of the molecule is CCO.CCOC1(C(F)(F)C(F)(F)C(F)(F)C(F)(F)C(F)(F)C(F)(F)C(F)(F)C(F)(F)F)CCCC[Si]1(OCC)OCC. The van der Waals surface area contributed by atoms with Crippen molar-refractivity contribution in [3.8, 4) is 0 Å². The van der Waals surface area contributed by atoms with Crippen molar-refractivity contribution in [1.82, 2.24) is 0 Å². The lowest BCUT2D eigenvalue weighted by molar-refractivity contribution is -0.466. The van der Waals surface area contributed by atoms with Gasteiger partial charge in [-0.2, -0.15) is 74.6 Å². The Morgan fingerprint density at radius 3 is 1.23 bits per heavy atom. The molecule has 0 aromatic carbocycles. The molecule has 0 spiro atoms. The summed E-state index contributed by atoms with van der Waals surface area (Å²) >= 11 is 0. The number of hydrogen-bond acceptors (Lipinski definition) is 4. The quantitative estimate of drug-likeness (QED) is 0.157. The van der Waals surface area contributed by atoms with E-state index in [0.717, 1.165) is 20.8 Å². The number of aliphatic hydroxyl groups is 1. The summed E-state index contributed by atoms with van der Waals surface area (Å²) in [6.07, 6.45) is -9.95. The molecule has 22 heteroatoms. The van der Waals surface area contributed by atoms with Gasteiger partial charge in [0.25, 0.3) is 0 Å². The number of hydrogen-bond donors (Lipinski definition) is 1. The molecule has 1 aliphatic rings. The molecule has 1 N–H and O–H groups in total. The van der Waals surface area contributed by atoms with E-state index >= 15 is 8.78 Å². The van der Waals surface area contributed by atoms with E-state index in [1.807, 2.05) is 0 Å². The summed E-state index contributed by atoms with van der Waals surface area (Å²) in [6.45, 7) is 2.58. The molecule has 1 rings (SSSR count). The maximum atomic E-state index is 15.6. The highest BCUT2D eigenvalue weighted by Crippen LogP contribution is 2.66. The van der Waals surface area contributed by atoms with E-state index in [1.54, 1.807) is 6.92 Å². The standard InChI is InChI=1S/C19H23F17O3Si.C2H6O/c1-4-37-11(9-7-8-10-40(11,38-5-2)39-6-3)12(20,21)13(22,23)14(24,25)15(26,27)16(28,29)17(30,31)18(32,33)19(34,35)36;1-2-3/h4-10H2,1-3H3;3H,2H2,1H3. The molecular weight excluding hydrogens is 667 g/mol. The molecule has 43 heavy (non-hydrogen) atoms. The van der Waals surface area contributed by atoms with Crippen LogP contribution in [0, 0.1) is 0 Å². The molecule has 1 fully saturated rings. The summed E-state index contributed by atoms with van der Waals surface area (Å²) in [5.41, 5.74) is 0. The minimum Gasteiger partial charge on any atom is -0.397 e. The maximum absolute atomic E-state index is 15.6. The lowest BCUT2D eigenvalue weighted by Gasteiger charge is -2.54. The summed E-state index contributed by atoms with van der Waals surface area (Å²) in [4.78, 5) is 0. The number of alkyl halides is 17. The van der Waals surface area contributed by atoms with Crippen LogP contribution in [0.1, 0.15) is 47.0 Å². The lowest BCUT2D eigenvalue weighted by atomic mass is 9.86. The highest BCUT2D eigenvalue weighted by molar-refractivity contribution is 6.71. The van der Waals surface area contributed by atoms with E-state index in [1.165, 1.54) is 0 Å². The second-order valence-corrected chi connectivity index (χ2v) is 12.3. The second-order valence-electron chi connectivity index (χ2n) is 8.92. The number of rotatable bonds is 13. The number of ether oxygens (including phenoxy) is 1. The molecule has 260 valence electrons. The topological polar surface area (TPSA) is 47.9 Å². The Morgan fingerprint density at radius 1 is 0.558 bits per heavy atom. The third-order valence-corrected chi connectivity index (χ3v) is 10.7. The van der Waals surface area contributed by atoms with E-state index < -0.39 is 100 Å². The zero-order chi connectivity index (χ0) is 34.8. The first-order valence-corrected chi connectivity index (χ1v) is 14.3. The van der Waals surface area contributed by atoms with Crippen molar-refractivity contribution in [2.75, 3.05) is 26.4 Å². The molecule has 1 atom stereocenters. The van der Waals surface area contributed by atoms with Crippen LogP contribution < -0.4 is 0 Å². The zero-order valence-electron chi connectivity index (χ0n) is 22.8. The predicted octanol–water partition coefficient (Wildman–Crippen LogP) is 8.01. The Kier molecular flexibility index (Phi) is 13.0. The van der Waals surface area contributed by atoms with Gasteiger partial charge in [0.2, 0.25) is 0 Å². The fourth-order valence-corrected chi connectivity index (χ4v) is 8.79. The Bertz CT molecular complexity index is 882. The van der Waals surface area contributed by atoms with E-state index in [4.69, 9.17) is 18.7 Å². The Hall–Kier alpha value is -1.13. The fourth-order valence-electron chi connectivity index (χ4n) is 4.34. The molecule has 0 amide bonds. The molecule has 0 bridgehead atoms. The van der Waals surface area contributed by atoms with Gasteiger partial charge in [-0.25, -0.2) is 0 Å². The van der Waals surface area contributed by atoms with Crippen molar-refractivity contribution in [1.29, 1.82) is 0 Å².